The van der Waals surface area contributed by atoms with Gasteiger partial charge in [0.25, 0.3) is 0 Å². The summed E-state index contributed by atoms with van der Waals surface area (Å²) in [6, 6.07) is 34.2. The third kappa shape index (κ3) is 4.88. The SMILES string of the molecule is COCc1cc(-c2ccccc2)c(/C=C\C(=O)c2ccccc2)c(-c2ccccc2)c1. The molecule has 0 bridgehead atoms. The Bertz CT molecular complexity index is 1120. The molecule has 152 valence electrons. The van der Waals surface area contributed by atoms with Gasteiger partial charge in [-0.15, -0.1) is 0 Å². The fourth-order valence-corrected chi connectivity index (χ4v) is 3.71. The summed E-state index contributed by atoms with van der Waals surface area (Å²) in [5.41, 5.74) is 7.14. The van der Waals surface area contributed by atoms with Crippen LogP contribution in [0.15, 0.2) is 109 Å². The van der Waals surface area contributed by atoms with Crippen LogP contribution in [0.4, 0.5) is 0 Å². The first-order chi connectivity index (χ1) is 15.3. The van der Waals surface area contributed by atoms with E-state index in [1.807, 2.05) is 72.8 Å². The molecule has 0 unspecified atom stereocenters. The molecule has 2 heteroatoms. The van der Waals surface area contributed by atoms with Gasteiger partial charge in [0.1, 0.15) is 0 Å². The minimum absolute atomic E-state index is 0.0143. The number of allylic oxidation sites excluding steroid dienone is 1. The molecular formula is C29H24O2. The van der Waals surface area contributed by atoms with Gasteiger partial charge in [-0.05, 0) is 57.7 Å². The maximum absolute atomic E-state index is 12.8. The quantitative estimate of drug-likeness (QED) is 0.243. The molecule has 2 nitrogen and oxygen atoms in total. The van der Waals surface area contributed by atoms with Gasteiger partial charge in [-0.25, -0.2) is 0 Å². The predicted molar refractivity (Wildman–Crippen MR) is 128 cm³/mol. The highest BCUT2D eigenvalue weighted by Gasteiger charge is 2.13. The first-order valence-corrected chi connectivity index (χ1v) is 10.3. The Hall–Kier alpha value is -3.75. The molecule has 4 aromatic rings. The van der Waals surface area contributed by atoms with Crippen molar-refractivity contribution >= 4 is 11.9 Å². The summed E-state index contributed by atoms with van der Waals surface area (Å²) in [5, 5.41) is 0. The summed E-state index contributed by atoms with van der Waals surface area (Å²) >= 11 is 0. The van der Waals surface area contributed by atoms with Crippen LogP contribution in [0.3, 0.4) is 0 Å². The van der Waals surface area contributed by atoms with E-state index in [0.717, 1.165) is 33.4 Å². The van der Waals surface area contributed by atoms with Crippen LogP contribution in [-0.4, -0.2) is 12.9 Å². The third-order valence-electron chi connectivity index (χ3n) is 5.18. The Morgan fingerprint density at radius 1 is 0.742 bits per heavy atom. The van der Waals surface area contributed by atoms with E-state index in [1.165, 1.54) is 0 Å². The molecule has 0 aliphatic heterocycles. The lowest BCUT2D eigenvalue weighted by Gasteiger charge is -2.16. The van der Waals surface area contributed by atoms with Gasteiger partial charge in [-0.1, -0.05) is 91.0 Å². The van der Waals surface area contributed by atoms with Gasteiger partial charge < -0.3 is 4.74 Å². The highest BCUT2D eigenvalue weighted by Crippen LogP contribution is 2.35. The van der Waals surface area contributed by atoms with E-state index in [4.69, 9.17) is 4.74 Å². The van der Waals surface area contributed by atoms with Gasteiger partial charge in [0, 0.05) is 12.7 Å². The summed E-state index contributed by atoms with van der Waals surface area (Å²) < 4.78 is 5.43. The molecule has 31 heavy (non-hydrogen) atoms. The molecule has 0 heterocycles. The lowest BCUT2D eigenvalue weighted by atomic mass is 9.89. The van der Waals surface area contributed by atoms with Crippen molar-refractivity contribution in [3.05, 3.63) is 126 Å². The Balaban J connectivity index is 1.90. The van der Waals surface area contributed by atoms with Crippen LogP contribution >= 0.6 is 0 Å². The van der Waals surface area contributed by atoms with Gasteiger partial charge in [-0.3, -0.25) is 4.79 Å². The second-order valence-corrected chi connectivity index (χ2v) is 7.33. The second-order valence-electron chi connectivity index (χ2n) is 7.33. The van der Waals surface area contributed by atoms with Crippen LogP contribution in [0.25, 0.3) is 28.3 Å². The Labute approximate surface area is 183 Å². The molecule has 0 amide bonds. The lowest BCUT2D eigenvalue weighted by Crippen LogP contribution is -1.97. The number of ether oxygens (including phenoxy) is 1. The first kappa shape index (κ1) is 20.5. The van der Waals surface area contributed by atoms with Crippen molar-refractivity contribution in [3.63, 3.8) is 0 Å². The fraction of sp³-hybridized carbons (Fsp3) is 0.0690. The molecular weight excluding hydrogens is 380 g/mol. The van der Waals surface area contributed by atoms with Crippen molar-refractivity contribution in [3.8, 4) is 22.3 Å². The zero-order valence-electron chi connectivity index (χ0n) is 17.5. The summed E-state index contributed by atoms with van der Waals surface area (Å²) in [6.07, 6.45) is 3.61. The smallest absolute Gasteiger partial charge is 0.185 e. The molecule has 4 aromatic carbocycles. The van der Waals surface area contributed by atoms with E-state index in [2.05, 4.69) is 36.4 Å². The zero-order valence-corrected chi connectivity index (χ0v) is 17.5. The standard InChI is InChI=1S/C29H24O2/c1-31-21-22-19-27(23-11-5-2-6-12-23)26(28(20-22)24-13-7-3-8-14-24)17-18-29(30)25-15-9-4-10-16-25/h2-20H,21H2,1H3/b18-17-. The molecule has 0 saturated heterocycles. The van der Waals surface area contributed by atoms with Crippen molar-refractivity contribution in [1.82, 2.24) is 0 Å². The number of methoxy groups -OCH3 is 1. The molecule has 0 saturated carbocycles. The van der Waals surface area contributed by atoms with Crippen LogP contribution in [0.1, 0.15) is 21.5 Å². The number of carbonyl (C=O) groups is 1. The van der Waals surface area contributed by atoms with Gasteiger partial charge in [0.15, 0.2) is 5.78 Å². The number of hydrogen-bond acceptors (Lipinski definition) is 2. The van der Waals surface area contributed by atoms with Crippen LogP contribution in [0.2, 0.25) is 0 Å². The monoisotopic (exact) mass is 404 g/mol. The molecule has 0 aliphatic carbocycles. The van der Waals surface area contributed by atoms with Crippen molar-refractivity contribution in [2.24, 2.45) is 0 Å². The lowest BCUT2D eigenvalue weighted by molar-refractivity contribution is 0.104. The molecule has 0 atom stereocenters. The van der Waals surface area contributed by atoms with Gasteiger partial charge in [-0.2, -0.15) is 0 Å². The van der Waals surface area contributed by atoms with Gasteiger partial charge in [0.05, 0.1) is 6.61 Å². The van der Waals surface area contributed by atoms with Crippen LogP contribution in [0.5, 0.6) is 0 Å². The average molecular weight is 405 g/mol. The number of hydrogen-bond donors (Lipinski definition) is 0. The third-order valence-corrected chi connectivity index (χ3v) is 5.18. The van der Waals surface area contributed by atoms with Gasteiger partial charge in [0.2, 0.25) is 0 Å². The average Bonchev–Trinajstić information content (AvgIpc) is 2.84. The Kier molecular flexibility index (Phi) is 6.51. The predicted octanol–water partition coefficient (Wildman–Crippen LogP) is 7.06. The molecule has 4 rings (SSSR count). The van der Waals surface area contributed by atoms with Crippen LogP contribution in [-0.2, 0) is 11.3 Å². The van der Waals surface area contributed by atoms with Gasteiger partial charge >= 0.3 is 0 Å². The van der Waals surface area contributed by atoms with Crippen LogP contribution in [0, 0.1) is 0 Å². The number of carbonyl (C=O) groups excluding carboxylic acids is 1. The van der Waals surface area contributed by atoms with Crippen molar-refractivity contribution in [2.75, 3.05) is 7.11 Å². The minimum Gasteiger partial charge on any atom is -0.380 e. The van der Waals surface area contributed by atoms with Crippen molar-refractivity contribution in [1.29, 1.82) is 0 Å². The number of ketones is 1. The fourth-order valence-electron chi connectivity index (χ4n) is 3.71. The number of rotatable bonds is 7. The van der Waals surface area contributed by atoms with E-state index in [9.17, 15) is 4.79 Å². The summed E-state index contributed by atoms with van der Waals surface area (Å²) in [6.45, 7) is 0.520. The second kappa shape index (κ2) is 9.84. The Morgan fingerprint density at radius 3 is 1.71 bits per heavy atom. The summed E-state index contributed by atoms with van der Waals surface area (Å²) in [5.74, 6) is -0.0143. The molecule has 0 N–H and O–H groups in total. The topological polar surface area (TPSA) is 26.3 Å². The Morgan fingerprint density at radius 2 is 1.23 bits per heavy atom. The highest BCUT2D eigenvalue weighted by molar-refractivity contribution is 6.07. The van der Waals surface area contributed by atoms with E-state index in [0.29, 0.717) is 12.2 Å². The molecule has 0 aliphatic rings. The molecule has 0 fully saturated rings. The maximum Gasteiger partial charge on any atom is 0.185 e. The summed E-state index contributed by atoms with van der Waals surface area (Å²) in [7, 11) is 1.71. The van der Waals surface area contributed by atoms with E-state index < -0.39 is 0 Å². The van der Waals surface area contributed by atoms with Crippen LogP contribution < -0.4 is 0 Å². The molecule has 0 spiro atoms. The largest absolute Gasteiger partial charge is 0.380 e. The zero-order chi connectivity index (χ0) is 21.5. The van der Waals surface area contributed by atoms with E-state index in [-0.39, 0.29) is 5.78 Å². The van der Waals surface area contributed by atoms with E-state index in [1.54, 1.807) is 13.2 Å². The first-order valence-electron chi connectivity index (χ1n) is 10.3. The molecule has 0 aromatic heterocycles. The number of benzene rings is 4. The van der Waals surface area contributed by atoms with Crippen molar-refractivity contribution in [2.45, 2.75) is 6.61 Å². The van der Waals surface area contributed by atoms with E-state index >= 15 is 0 Å². The van der Waals surface area contributed by atoms with Crippen molar-refractivity contribution < 1.29 is 9.53 Å². The normalized spacial score (nSPS) is 11.0. The highest BCUT2D eigenvalue weighted by atomic mass is 16.5. The summed E-state index contributed by atoms with van der Waals surface area (Å²) in [4.78, 5) is 12.8. The molecule has 0 radical (unpaired) electrons. The minimum atomic E-state index is -0.0143. The maximum atomic E-state index is 12.8.